The van der Waals surface area contributed by atoms with Crippen LogP contribution in [0.25, 0.3) is 0 Å². The Morgan fingerprint density at radius 2 is 2.21 bits per heavy atom. The molecule has 2 heterocycles. The summed E-state index contributed by atoms with van der Waals surface area (Å²) in [7, 11) is 0. The van der Waals surface area contributed by atoms with Gasteiger partial charge in [-0.25, -0.2) is 4.98 Å². The van der Waals surface area contributed by atoms with E-state index < -0.39 is 4.92 Å². The number of aryl methyl sites for hydroxylation is 1. The van der Waals surface area contributed by atoms with E-state index in [2.05, 4.69) is 45.3 Å². The number of anilines is 1. The maximum Gasteiger partial charge on any atom is 0.288 e. The fourth-order valence-electron chi connectivity index (χ4n) is 1.54. The van der Waals surface area contributed by atoms with Crippen molar-refractivity contribution < 1.29 is 4.92 Å². The quantitative estimate of drug-likeness (QED) is 0.659. The number of hydrogen-bond donors (Lipinski definition) is 1. The molecule has 7 heteroatoms. The summed E-state index contributed by atoms with van der Waals surface area (Å²) >= 11 is 5.03. The summed E-state index contributed by atoms with van der Waals surface area (Å²) in [5, 5.41) is 13.8. The molecule has 0 atom stereocenters. The highest BCUT2D eigenvalue weighted by molar-refractivity contribution is 9.10. The Hall–Kier alpha value is -1.47. The molecule has 0 radical (unpaired) electrons. The summed E-state index contributed by atoms with van der Waals surface area (Å²) in [6.45, 7) is 2.78. The number of nitro groups is 1. The number of halogens is 1. The van der Waals surface area contributed by atoms with E-state index in [1.807, 2.05) is 0 Å². The number of rotatable bonds is 5. The second-order valence-corrected chi connectivity index (χ2v) is 5.96. The van der Waals surface area contributed by atoms with Crippen molar-refractivity contribution in [3.05, 3.63) is 48.7 Å². The van der Waals surface area contributed by atoms with E-state index in [9.17, 15) is 10.1 Å². The Balaban J connectivity index is 2.05. The van der Waals surface area contributed by atoms with Gasteiger partial charge in [-0.3, -0.25) is 10.1 Å². The van der Waals surface area contributed by atoms with Gasteiger partial charge in [-0.05, 0) is 34.5 Å². The molecule has 0 fully saturated rings. The average molecular weight is 342 g/mol. The molecule has 0 aromatic carbocycles. The first-order chi connectivity index (χ1) is 9.10. The van der Waals surface area contributed by atoms with E-state index in [1.165, 1.54) is 22.0 Å². The molecule has 19 heavy (non-hydrogen) atoms. The Morgan fingerprint density at radius 3 is 2.79 bits per heavy atom. The number of thiophene rings is 1. The monoisotopic (exact) mass is 341 g/mol. The van der Waals surface area contributed by atoms with Crippen molar-refractivity contribution >= 4 is 38.8 Å². The minimum Gasteiger partial charge on any atom is -0.364 e. The normalized spacial score (nSPS) is 10.4. The zero-order valence-corrected chi connectivity index (χ0v) is 12.6. The van der Waals surface area contributed by atoms with Gasteiger partial charge in [0.2, 0.25) is 0 Å². The molecule has 0 aliphatic heterocycles. The number of nitrogens with zero attached hydrogens (tertiary/aromatic N) is 2. The molecule has 0 amide bonds. The lowest BCUT2D eigenvalue weighted by molar-refractivity contribution is -0.385. The van der Waals surface area contributed by atoms with Crippen LogP contribution in [0.1, 0.15) is 16.7 Å². The molecule has 0 saturated carbocycles. The van der Waals surface area contributed by atoms with Gasteiger partial charge in [0.25, 0.3) is 5.69 Å². The fraction of sp³-hybridized carbons (Fsp3) is 0.250. The highest BCUT2D eigenvalue weighted by atomic mass is 79.9. The van der Waals surface area contributed by atoms with Gasteiger partial charge in [-0.15, -0.1) is 11.3 Å². The van der Waals surface area contributed by atoms with Crippen molar-refractivity contribution in [2.45, 2.75) is 19.9 Å². The smallest absolute Gasteiger partial charge is 0.288 e. The maximum absolute atomic E-state index is 10.6. The van der Waals surface area contributed by atoms with Gasteiger partial charge in [0.15, 0.2) is 0 Å². The van der Waals surface area contributed by atoms with Crippen molar-refractivity contribution in [3.8, 4) is 0 Å². The number of aromatic nitrogens is 1. The third-order valence-corrected chi connectivity index (χ3v) is 4.37. The van der Waals surface area contributed by atoms with Gasteiger partial charge in [0.1, 0.15) is 12.0 Å². The Labute approximate surface area is 123 Å². The van der Waals surface area contributed by atoms with E-state index >= 15 is 0 Å². The van der Waals surface area contributed by atoms with Crippen LogP contribution in [-0.4, -0.2) is 9.91 Å². The lowest BCUT2D eigenvalue weighted by atomic mass is 10.3. The van der Waals surface area contributed by atoms with E-state index in [4.69, 9.17) is 0 Å². The van der Waals surface area contributed by atoms with Crippen molar-refractivity contribution in [1.29, 1.82) is 0 Å². The predicted octanol–water partition coefficient (Wildman–Crippen LogP) is 3.99. The first kappa shape index (κ1) is 14.0. The second-order valence-electron chi connectivity index (χ2n) is 3.86. The largest absolute Gasteiger partial charge is 0.364 e. The number of hydrogen-bond acceptors (Lipinski definition) is 5. The molecule has 2 aromatic heterocycles. The Bertz CT molecular complexity index is 600. The van der Waals surface area contributed by atoms with E-state index in [0.29, 0.717) is 16.8 Å². The molecule has 2 aromatic rings. The minimum absolute atomic E-state index is 0.0261. The summed E-state index contributed by atoms with van der Waals surface area (Å²) < 4.78 is 0.592. The zero-order chi connectivity index (χ0) is 13.8. The Kier molecular flexibility index (Phi) is 4.49. The first-order valence-electron chi connectivity index (χ1n) is 5.71. The molecule has 0 spiro atoms. The van der Waals surface area contributed by atoms with Gasteiger partial charge in [0, 0.05) is 15.8 Å². The highest BCUT2D eigenvalue weighted by Crippen LogP contribution is 2.25. The molecule has 5 nitrogen and oxygen atoms in total. The maximum atomic E-state index is 10.6. The van der Waals surface area contributed by atoms with Gasteiger partial charge < -0.3 is 5.32 Å². The molecule has 0 aliphatic carbocycles. The van der Waals surface area contributed by atoms with Crippen LogP contribution in [0.15, 0.2) is 28.9 Å². The minimum atomic E-state index is -0.464. The summed E-state index contributed by atoms with van der Waals surface area (Å²) in [4.78, 5) is 16.7. The van der Waals surface area contributed by atoms with Gasteiger partial charge in [0.05, 0.1) is 15.9 Å². The van der Waals surface area contributed by atoms with E-state index in [1.54, 1.807) is 11.3 Å². The summed E-state index contributed by atoms with van der Waals surface area (Å²) in [5.41, 5.74) is -0.0261. The molecule has 0 bridgehead atoms. The summed E-state index contributed by atoms with van der Waals surface area (Å²) in [6.07, 6.45) is 2.28. The van der Waals surface area contributed by atoms with Crippen molar-refractivity contribution in [2.75, 3.05) is 5.32 Å². The fourth-order valence-corrected chi connectivity index (χ4v) is 2.91. The van der Waals surface area contributed by atoms with Crippen LogP contribution in [0, 0.1) is 10.1 Å². The van der Waals surface area contributed by atoms with Crippen LogP contribution in [0.3, 0.4) is 0 Å². The molecular weight excluding hydrogens is 330 g/mol. The molecule has 0 unspecified atom stereocenters. The lowest BCUT2D eigenvalue weighted by Gasteiger charge is -2.05. The third-order valence-electron chi connectivity index (χ3n) is 2.53. The Morgan fingerprint density at radius 1 is 1.47 bits per heavy atom. The van der Waals surface area contributed by atoms with Crippen molar-refractivity contribution in [3.63, 3.8) is 0 Å². The van der Waals surface area contributed by atoms with Crippen LogP contribution in [-0.2, 0) is 13.0 Å². The topological polar surface area (TPSA) is 68.1 Å². The molecular formula is C12H12BrN3O2S. The number of nitrogens with one attached hydrogen (secondary N) is 1. The van der Waals surface area contributed by atoms with Crippen LogP contribution >= 0.6 is 27.3 Å². The molecule has 0 saturated heterocycles. The molecule has 100 valence electrons. The van der Waals surface area contributed by atoms with Gasteiger partial charge in [-0.1, -0.05) is 6.92 Å². The van der Waals surface area contributed by atoms with Crippen molar-refractivity contribution in [2.24, 2.45) is 0 Å². The second kappa shape index (κ2) is 6.12. The van der Waals surface area contributed by atoms with Gasteiger partial charge in [-0.2, -0.15) is 0 Å². The van der Waals surface area contributed by atoms with Crippen LogP contribution in [0.2, 0.25) is 0 Å². The summed E-state index contributed by atoms with van der Waals surface area (Å²) in [5.74, 6) is 0.608. The van der Waals surface area contributed by atoms with E-state index in [0.717, 1.165) is 6.42 Å². The SMILES string of the molecule is CCc1ccc(CNc2ncc([N+](=O)[O-])cc2Br)s1. The highest BCUT2D eigenvalue weighted by Gasteiger charge is 2.10. The van der Waals surface area contributed by atoms with Crippen molar-refractivity contribution in [1.82, 2.24) is 4.98 Å². The van der Waals surface area contributed by atoms with Crippen LogP contribution in [0.5, 0.6) is 0 Å². The standard InChI is InChI=1S/C12H12BrN3O2S/c1-2-9-3-4-10(19-9)7-15-12-11(13)5-8(6-14-12)16(17)18/h3-6H,2,7H2,1H3,(H,14,15). The van der Waals surface area contributed by atoms with Gasteiger partial charge >= 0.3 is 0 Å². The molecule has 0 aliphatic rings. The van der Waals surface area contributed by atoms with Crippen LogP contribution < -0.4 is 5.32 Å². The van der Waals surface area contributed by atoms with E-state index in [-0.39, 0.29) is 5.69 Å². The number of pyridine rings is 1. The van der Waals surface area contributed by atoms with Crippen LogP contribution in [0.4, 0.5) is 11.5 Å². The zero-order valence-electron chi connectivity index (χ0n) is 10.2. The first-order valence-corrected chi connectivity index (χ1v) is 7.32. The molecule has 2 rings (SSSR count). The molecule has 1 N–H and O–H groups in total. The lowest BCUT2D eigenvalue weighted by Crippen LogP contribution is -2.01. The summed E-state index contributed by atoms with van der Waals surface area (Å²) in [6, 6.07) is 5.64. The third kappa shape index (κ3) is 3.51. The predicted molar refractivity (Wildman–Crippen MR) is 79.6 cm³/mol. The average Bonchev–Trinajstić information content (AvgIpc) is 2.85.